The van der Waals surface area contributed by atoms with Crippen LogP contribution in [-0.2, 0) is 4.79 Å². The van der Waals surface area contributed by atoms with Gasteiger partial charge in [0.25, 0.3) is 0 Å². The van der Waals surface area contributed by atoms with Crippen molar-refractivity contribution in [2.24, 2.45) is 0 Å². The fraction of sp³-hybridized carbons (Fsp3) is 0.167. The van der Waals surface area contributed by atoms with Crippen molar-refractivity contribution < 1.29 is 23.4 Å². The van der Waals surface area contributed by atoms with Crippen LogP contribution < -0.4 is 19.5 Å². The Balaban J connectivity index is 1.70. The molecular formula is C30H26FN3O4S. The number of carbonyl (C=O) groups is 1. The van der Waals surface area contributed by atoms with Crippen molar-refractivity contribution in [1.29, 1.82) is 5.26 Å². The van der Waals surface area contributed by atoms with E-state index in [4.69, 9.17) is 19.2 Å². The van der Waals surface area contributed by atoms with Gasteiger partial charge in [-0.1, -0.05) is 30.3 Å². The third kappa shape index (κ3) is 6.48. The maximum absolute atomic E-state index is 13.1. The number of nitriles is 1. The van der Waals surface area contributed by atoms with Gasteiger partial charge in [-0.3, -0.25) is 4.79 Å². The number of anilines is 1. The lowest BCUT2D eigenvalue weighted by atomic mass is 9.98. The molecule has 4 aromatic rings. The lowest BCUT2D eigenvalue weighted by Crippen LogP contribution is -2.12. The lowest BCUT2D eigenvalue weighted by molar-refractivity contribution is -0.115. The Labute approximate surface area is 230 Å². The third-order valence-electron chi connectivity index (χ3n) is 5.84. The van der Waals surface area contributed by atoms with Crippen molar-refractivity contribution in [2.75, 3.05) is 32.4 Å². The smallest absolute Gasteiger partial charge is 0.225 e. The number of methoxy groups -OCH3 is 3. The Hall–Kier alpha value is -4.55. The zero-order chi connectivity index (χ0) is 27.8. The van der Waals surface area contributed by atoms with Crippen LogP contribution >= 0.6 is 11.8 Å². The summed E-state index contributed by atoms with van der Waals surface area (Å²) in [6.45, 7) is 0. The number of nitrogens with one attached hydrogen (secondary N) is 1. The molecule has 39 heavy (non-hydrogen) atoms. The van der Waals surface area contributed by atoms with Crippen molar-refractivity contribution in [3.63, 3.8) is 0 Å². The predicted octanol–water partition coefficient (Wildman–Crippen LogP) is 6.57. The zero-order valence-corrected chi connectivity index (χ0v) is 22.5. The van der Waals surface area contributed by atoms with Crippen LogP contribution in [0.1, 0.15) is 12.0 Å². The van der Waals surface area contributed by atoms with Gasteiger partial charge in [0.15, 0.2) is 11.5 Å². The first-order chi connectivity index (χ1) is 19.0. The lowest BCUT2D eigenvalue weighted by Gasteiger charge is -2.16. The molecule has 9 heteroatoms. The molecule has 0 bridgehead atoms. The first-order valence-corrected chi connectivity index (χ1v) is 12.9. The number of thioether (sulfide) groups is 1. The summed E-state index contributed by atoms with van der Waals surface area (Å²) in [6, 6.07) is 22.9. The van der Waals surface area contributed by atoms with E-state index in [9.17, 15) is 14.4 Å². The minimum atomic E-state index is -0.375. The topological polar surface area (TPSA) is 93.5 Å². The summed E-state index contributed by atoms with van der Waals surface area (Å²) < 4.78 is 29.7. The third-order valence-corrected chi connectivity index (χ3v) is 6.82. The van der Waals surface area contributed by atoms with E-state index in [1.807, 2.05) is 36.4 Å². The first-order valence-electron chi connectivity index (χ1n) is 12.0. The summed E-state index contributed by atoms with van der Waals surface area (Å²) in [5.41, 5.74) is 3.77. The fourth-order valence-corrected chi connectivity index (χ4v) is 4.90. The van der Waals surface area contributed by atoms with Gasteiger partial charge >= 0.3 is 0 Å². The highest BCUT2D eigenvalue weighted by atomic mass is 32.2. The van der Waals surface area contributed by atoms with Crippen molar-refractivity contribution >= 4 is 23.4 Å². The summed E-state index contributed by atoms with van der Waals surface area (Å²) in [6.07, 6.45) is 0.170. The standard InChI is InChI=1S/C30H26FN3O4S/c1-36-26-15-20(16-27(37-2)29(26)38-3)23-17-25(19-7-5-4-6-8-19)34-30(24(23)18-32)39-14-13-28(35)33-22-11-9-21(31)10-12-22/h4-12,15-17H,13-14H2,1-3H3,(H,33,35). The van der Waals surface area contributed by atoms with Gasteiger partial charge in [-0.05, 0) is 48.0 Å². The van der Waals surface area contributed by atoms with Crippen LogP contribution in [0.2, 0.25) is 0 Å². The summed E-state index contributed by atoms with van der Waals surface area (Å²) in [5.74, 6) is 1.14. The van der Waals surface area contributed by atoms with Crippen molar-refractivity contribution in [2.45, 2.75) is 11.4 Å². The van der Waals surface area contributed by atoms with E-state index in [1.54, 1.807) is 12.1 Å². The quantitative estimate of drug-likeness (QED) is 0.226. The Morgan fingerprint density at radius 3 is 2.21 bits per heavy atom. The highest BCUT2D eigenvalue weighted by molar-refractivity contribution is 7.99. The molecule has 0 radical (unpaired) electrons. The van der Waals surface area contributed by atoms with Crippen LogP contribution in [0.3, 0.4) is 0 Å². The molecule has 7 nitrogen and oxygen atoms in total. The van der Waals surface area contributed by atoms with Gasteiger partial charge < -0.3 is 19.5 Å². The second kappa shape index (κ2) is 12.8. The van der Waals surface area contributed by atoms with E-state index < -0.39 is 0 Å². The van der Waals surface area contributed by atoms with E-state index in [1.165, 1.54) is 57.4 Å². The Morgan fingerprint density at radius 2 is 1.62 bits per heavy atom. The maximum Gasteiger partial charge on any atom is 0.225 e. The van der Waals surface area contributed by atoms with Crippen LogP contribution in [0.5, 0.6) is 17.2 Å². The SMILES string of the molecule is COc1cc(-c2cc(-c3ccccc3)nc(SCCC(=O)Nc3ccc(F)cc3)c2C#N)cc(OC)c1OC. The van der Waals surface area contributed by atoms with E-state index in [0.717, 1.165) is 5.56 Å². The molecule has 0 aliphatic rings. The van der Waals surface area contributed by atoms with Crippen LogP contribution in [0.25, 0.3) is 22.4 Å². The largest absolute Gasteiger partial charge is 0.493 e. The predicted molar refractivity (Wildman–Crippen MR) is 150 cm³/mol. The Kier molecular flexibility index (Phi) is 9.02. The molecule has 0 spiro atoms. The molecular weight excluding hydrogens is 517 g/mol. The van der Waals surface area contributed by atoms with Gasteiger partial charge in [-0.15, -0.1) is 11.8 Å². The Bertz CT molecular complexity index is 1480. The van der Waals surface area contributed by atoms with Crippen molar-refractivity contribution in [3.05, 3.63) is 84.2 Å². The summed E-state index contributed by atoms with van der Waals surface area (Å²) in [4.78, 5) is 17.3. The first kappa shape index (κ1) is 27.5. The van der Waals surface area contributed by atoms with Gasteiger partial charge in [0, 0.05) is 29.0 Å². The summed E-state index contributed by atoms with van der Waals surface area (Å²) in [7, 11) is 4.60. The van der Waals surface area contributed by atoms with Crippen molar-refractivity contribution in [1.82, 2.24) is 4.98 Å². The van der Waals surface area contributed by atoms with E-state index in [2.05, 4.69) is 11.4 Å². The summed E-state index contributed by atoms with van der Waals surface area (Å²) in [5, 5.41) is 13.4. The molecule has 3 aromatic carbocycles. The van der Waals surface area contributed by atoms with Gasteiger partial charge in [0.2, 0.25) is 11.7 Å². The van der Waals surface area contributed by atoms with Crippen LogP contribution in [0, 0.1) is 17.1 Å². The molecule has 1 N–H and O–H groups in total. The minimum absolute atomic E-state index is 0.170. The molecule has 0 atom stereocenters. The number of pyridine rings is 1. The van der Waals surface area contributed by atoms with Crippen LogP contribution in [0.15, 0.2) is 77.8 Å². The molecule has 0 saturated heterocycles. The normalized spacial score (nSPS) is 10.4. The summed E-state index contributed by atoms with van der Waals surface area (Å²) >= 11 is 1.32. The number of aromatic nitrogens is 1. The van der Waals surface area contributed by atoms with E-state index >= 15 is 0 Å². The highest BCUT2D eigenvalue weighted by Gasteiger charge is 2.20. The van der Waals surface area contributed by atoms with Gasteiger partial charge in [0.05, 0.1) is 32.6 Å². The number of hydrogen-bond donors (Lipinski definition) is 1. The van der Waals surface area contributed by atoms with Gasteiger partial charge in [-0.25, -0.2) is 9.37 Å². The highest BCUT2D eigenvalue weighted by Crippen LogP contribution is 2.43. The molecule has 0 unspecified atom stereocenters. The molecule has 1 aromatic heterocycles. The molecule has 4 rings (SSSR count). The number of hydrogen-bond acceptors (Lipinski definition) is 7. The maximum atomic E-state index is 13.1. The molecule has 0 fully saturated rings. The number of nitrogens with zero attached hydrogens (tertiary/aromatic N) is 2. The number of carbonyl (C=O) groups excluding carboxylic acids is 1. The number of amides is 1. The number of benzene rings is 3. The molecule has 1 amide bonds. The number of rotatable bonds is 10. The fourth-order valence-electron chi connectivity index (χ4n) is 3.95. The Morgan fingerprint density at radius 1 is 0.949 bits per heavy atom. The molecule has 0 aliphatic heterocycles. The monoisotopic (exact) mass is 543 g/mol. The average Bonchev–Trinajstić information content (AvgIpc) is 2.97. The molecule has 198 valence electrons. The van der Waals surface area contributed by atoms with Gasteiger partial charge in [0.1, 0.15) is 16.9 Å². The van der Waals surface area contributed by atoms with Crippen LogP contribution in [-0.4, -0.2) is 38.0 Å². The minimum Gasteiger partial charge on any atom is -0.493 e. The second-order valence-electron chi connectivity index (χ2n) is 8.28. The average molecular weight is 544 g/mol. The van der Waals surface area contributed by atoms with Crippen molar-refractivity contribution in [3.8, 4) is 45.7 Å². The molecule has 0 saturated carbocycles. The number of halogens is 1. The second-order valence-corrected chi connectivity index (χ2v) is 9.36. The van der Waals surface area contributed by atoms with Crippen LogP contribution in [0.4, 0.5) is 10.1 Å². The molecule has 0 aliphatic carbocycles. The van der Waals surface area contributed by atoms with E-state index in [-0.39, 0.29) is 18.1 Å². The number of ether oxygens (including phenoxy) is 3. The molecule has 1 heterocycles. The zero-order valence-electron chi connectivity index (χ0n) is 21.7. The van der Waals surface area contributed by atoms with Gasteiger partial charge in [-0.2, -0.15) is 5.26 Å². The van der Waals surface area contributed by atoms with E-state index in [0.29, 0.717) is 56.1 Å².